The van der Waals surface area contributed by atoms with Crippen LogP contribution >= 0.6 is 0 Å². The summed E-state index contributed by atoms with van der Waals surface area (Å²) in [6, 6.07) is 6.22. The van der Waals surface area contributed by atoms with Crippen molar-refractivity contribution in [2.24, 2.45) is 0 Å². The molecular weight excluding hydrogens is 160 g/mol. The Kier molecular flexibility index (Phi) is 3.56. The van der Waals surface area contributed by atoms with Crippen molar-refractivity contribution in [1.82, 2.24) is 0 Å². The van der Waals surface area contributed by atoms with Crippen molar-refractivity contribution in [3.63, 3.8) is 0 Å². The van der Waals surface area contributed by atoms with Gasteiger partial charge in [-0.1, -0.05) is 31.6 Å². The van der Waals surface area contributed by atoms with Crippen molar-refractivity contribution in [2.45, 2.75) is 20.8 Å². The summed E-state index contributed by atoms with van der Waals surface area (Å²) in [7, 11) is 0. The minimum Gasteiger partial charge on any atom is -0.489 e. The van der Waals surface area contributed by atoms with E-state index in [1.54, 1.807) is 0 Å². The predicted octanol–water partition coefficient (Wildman–Crippen LogP) is 3.43. The van der Waals surface area contributed by atoms with Gasteiger partial charge in [0.25, 0.3) is 0 Å². The highest BCUT2D eigenvalue weighted by molar-refractivity contribution is 5.60. The maximum Gasteiger partial charge on any atom is 0.127 e. The molecule has 13 heavy (non-hydrogen) atoms. The topological polar surface area (TPSA) is 9.23 Å². The largest absolute Gasteiger partial charge is 0.489 e. The van der Waals surface area contributed by atoms with Crippen molar-refractivity contribution in [3.8, 4) is 5.75 Å². The van der Waals surface area contributed by atoms with Gasteiger partial charge in [0.2, 0.25) is 0 Å². The fraction of sp³-hybridized carbons (Fsp3) is 0.333. The Hall–Kier alpha value is -1.24. The van der Waals surface area contributed by atoms with E-state index in [0.717, 1.165) is 5.75 Å². The zero-order valence-corrected chi connectivity index (χ0v) is 8.50. The number of hydrogen-bond acceptors (Lipinski definition) is 1. The Morgan fingerprint density at radius 3 is 2.77 bits per heavy atom. The third-order valence-corrected chi connectivity index (χ3v) is 1.80. The highest BCUT2D eigenvalue weighted by Gasteiger charge is 2.03. The first-order valence-corrected chi connectivity index (χ1v) is 4.76. The molecule has 2 rings (SSSR count). The molecule has 0 saturated heterocycles. The third kappa shape index (κ3) is 2.35. The Bertz CT molecular complexity index is 300. The summed E-state index contributed by atoms with van der Waals surface area (Å²) in [6.07, 6.45) is 4.13. The lowest BCUT2D eigenvalue weighted by Gasteiger charge is -2.11. The van der Waals surface area contributed by atoms with Gasteiger partial charge in [0.1, 0.15) is 12.4 Å². The van der Waals surface area contributed by atoms with E-state index in [2.05, 4.69) is 25.1 Å². The Labute approximate surface area is 80.0 Å². The summed E-state index contributed by atoms with van der Waals surface area (Å²) < 4.78 is 5.39. The second-order valence-corrected chi connectivity index (χ2v) is 2.75. The van der Waals surface area contributed by atoms with Gasteiger partial charge in [-0.2, -0.15) is 0 Å². The lowest BCUT2D eigenvalue weighted by Crippen LogP contribution is -1.99. The molecule has 0 unspecified atom stereocenters. The second-order valence-electron chi connectivity index (χ2n) is 2.75. The van der Waals surface area contributed by atoms with Crippen molar-refractivity contribution >= 4 is 6.08 Å². The number of benzene rings is 1. The minimum atomic E-state index is 0.704. The SMILES string of the molecule is CC.Cc1ccc2c(c1)C=CCO2. The molecule has 1 aromatic rings. The van der Waals surface area contributed by atoms with Crippen LogP contribution in [0.3, 0.4) is 0 Å². The fourth-order valence-corrected chi connectivity index (χ4v) is 1.24. The van der Waals surface area contributed by atoms with E-state index in [-0.39, 0.29) is 0 Å². The van der Waals surface area contributed by atoms with Gasteiger partial charge in [0.05, 0.1) is 0 Å². The Morgan fingerprint density at radius 2 is 2.00 bits per heavy atom. The molecule has 0 fully saturated rings. The Morgan fingerprint density at radius 1 is 1.23 bits per heavy atom. The van der Waals surface area contributed by atoms with Crippen molar-refractivity contribution in [2.75, 3.05) is 6.61 Å². The zero-order chi connectivity index (χ0) is 9.68. The van der Waals surface area contributed by atoms with Crippen molar-refractivity contribution in [3.05, 3.63) is 35.4 Å². The summed E-state index contributed by atoms with van der Waals surface area (Å²) in [5.41, 5.74) is 2.47. The summed E-state index contributed by atoms with van der Waals surface area (Å²) in [5.74, 6) is 0.998. The van der Waals surface area contributed by atoms with E-state index in [1.807, 2.05) is 26.0 Å². The summed E-state index contributed by atoms with van der Waals surface area (Å²) in [4.78, 5) is 0. The highest BCUT2D eigenvalue weighted by atomic mass is 16.5. The molecule has 0 aromatic heterocycles. The Balaban J connectivity index is 0.000000396. The monoisotopic (exact) mass is 176 g/mol. The van der Waals surface area contributed by atoms with Crippen LogP contribution in [-0.4, -0.2) is 6.61 Å². The summed E-state index contributed by atoms with van der Waals surface area (Å²) in [6.45, 7) is 6.79. The first-order chi connectivity index (χ1) is 6.36. The summed E-state index contributed by atoms with van der Waals surface area (Å²) in [5, 5.41) is 0. The predicted molar refractivity (Wildman–Crippen MR) is 57.1 cm³/mol. The maximum absolute atomic E-state index is 5.39. The molecular formula is C12H16O. The average Bonchev–Trinajstić information content (AvgIpc) is 2.21. The first-order valence-electron chi connectivity index (χ1n) is 4.76. The molecule has 0 N–H and O–H groups in total. The van der Waals surface area contributed by atoms with Gasteiger partial charge in [0, 0.05) is 5.56 Å². The summed E-state index contributed by atoms with van der Waals surface area (Å²) >= 11 is 0. The van der Waals surface area contributed by atoms with E-state index >= 15 is 0 Å². The number of rotatable bonds is 0. The smallest absolute Gasteiger partial charge is 0.127 e. The number of hydrogen-bond donors (Lipinski definition) is 0. The van der Waals surface area contributed by atoms with E-state index in [1.165, 1.54) is 11.1 Å². The lowest BCUT2D eigenvalue weighted by atomic mass is 10.1. The number of fused-ring (bicyclic) bond motifs is 1. The molecule has 0 saturated carbocycles. The van der Waals surface area contributed by atoms with Crippen LogP contribution < -0.4 is 4.74 Å². The number of aryl methyl sites for hydroxylation is 1. The van der Waals surface area contributed by atoms with Crippen LogP contribution in [-0.2, 0) is 0 Å². The maximum atomic E-state index is 5.39. The molecule has 0 atom stereocenters. The van der Waals surface area contributed by atoms with Gasteiger partial charge in [-0.15, -0.1) is 0 Å². The molecule has 1 aliphatic heterocycles. The van der Waals surface area contributed by atoms with E-state index in [0.29, 0.717) is 6.61 Å². The molecule has 0 bridgehead atoms. The third-order valence-electron chi connectivity index (χ3n) is 1.80. The second kappa shape index (κ2) is 4.70. The fourth-order valence-electron chi connectivity index (χ4n) is 1.24. The van der Waals surface area contributed by atoms with Gasteiger partial charge in [-0.25, -0.2) is 0 Å². The van der Waals surface area contributed by atoms with Crippen LogP contribution in [0.15, 0.2) is 24.3 Å². The van der Waals surface area contributed by atoms with Gasteiger partial charge in [-0.3, -0.25) is 0 Å². The van der Waals surface area contributed by atoms with Gasteiger partial charge in [-0.05, 0) is 25.1 Å². The lowest BCUT2D eigenvalue weighted by molar-refractivity contribution is 0.358. The molecule has 70 valence electrons. The molecule has 1 heterocycles. The van der Waals surface area contributed by atoms with Crippen molar-refractivity contribution in [1.29, 1.82) is 0 Å². The van der Waals surface area contributed by atoms with Crippen LogP contribution in [0.5, 0.6) is 5.75 Å². The van der Waals surface area contributed by atoms with Crippen LogP contribution in [0.2, 0.25) is 0 Å². The minimum absolute atomic E-state index is 0.704. The molecule has 1 aliphatic rings. The molecule has 0 aliphatic carbocycles. The highest BCUT2D eigenvalue weighted by Crippen LogP contribution is 2.23. The molecule has 1 aromatic carbocycles. The van der Waals surface area contributed by atoms with E-state index < -0.39 is 0 Å². The van der Waals surface area contributed by atoms with Crippen LogP contribution in [0, 0.1) is 6.92 Å². The normalized spacial score (nSPS) is 12.2. The van der Waals surface area contributed by atoms with Gasteiger partial charge in [0.15, 0.2) is 0 Å². The molecule has 1 nitrogen and oxygen atoms in total. The van der Waals surface area contributed by atoms with Crippen molar-refractivity contribution < 1.29 is 4.74 Å². The average molecular weight is 176 g/mol. The van der Waals surface area contributed by atoms with Crippen LogP contribution in [0.25, 0.3) is 6.08 Å². The van der Waals surface area contributed by atoms with Gasteiger partial charge < -0.3 is 4.74 Å². The molecule has 0 amide bonds. The first kappa shape index (κ1) is 9.85. The van der Waals surface area contributed by atoms with Crippen LogP contribution in [0.4, 0.5) is 0 Å². The molecule has 0 spiro atoms. The van der Waals surface area contributed by atoms with E-state index in [4.69, 9.17) is 4.74 Å². The van der Waals surface area contributed by atoms with Gasteiger partial charge >= 0.3 is 0 Å². The molecule has 1 heteroatoms. The number of ether oxygens (including phenoxy) is 1. The van der Waals surface area contributed by atoms with E-state index in [9.17, 15) is 0 Å². The molecule has 0 radical (unpaired) electrons. The van der Waals surface area contributed by atoms with Crippen LogP contribution in [0.1, 0.15) is 25.0 Å². The quantitative estimate of drug-likeness (QED) is 0.588. The zero-order valence-electron chi connectivity index (χ0n) is 8.50. The standard InChI is InChI=1S/C10H10O.C2H6/c1-8-4-5-10-9(7-8)3-2-6-11-10;1-2/h2-5,7H,6H2,1H3;1-2H3.